The van der Waals surface area contributed by atoms with Crippen molar-refractivity contribution in [3.8, 4) is 5.75 Å². The summed E-state index contributed by atoms with van der Waals surface area (Å²) in [4.78, 5) is 28.8. The molecule has 5 unspecified atom stereocenters. The van der Waals surface area contributed by atoms with Crippen LogP contribution in [0.2, 0.25) is 0 Å². The second-order valence-electron chi connectivity index (χ2n) is 14.4. The summed E-state index contributed by atoms with van der Waals surface area (Å²) in [5, 5.41) is 4.62. The normalized spacial score (nSPS) is 39.1. The lowest BCUT2D eigenvalue weighted by atomic mass is 9.47. The zero-order valence-electron chi connectivity index (χ0n) is 27.4. The van der Waals surface area contributed by atoms with Crippen LogP contribution in [0.5, 0.6) is 5.75 Å². The topological polar surface area (TPSA) is 92.7 Å². The summed E-state index contributed by atoms with van der Waals surface area (Å²) in [7, 11) is 0. The van der Waals surface area contributed by atoms with Crippen LogP contribution in [-0.2, 0) is 28.5 Å². The summed E-state index contributed by atoms with van der Waals surface area (Å²) in [6.07, 6.45) is 13.4. The molecule has 244 valence electrons. The average Bonchev–Trinajstić information content (AvgIpc) is 3.37. The summed E-state index contributed by atoms with van der Waals surface area (Å²) >= 11 is 0. The van der Waals surface area contributed by atoms with E-state index in [1.54, 1.807) is 11.6 Å². The standard InChI is InChI=1S/C37H49NO7/c1-23(38-45-27-9-7-6-8-10-27)30-13-14-31-29-12-11-26-21-28(17-19-36(26,4)32(29)18-20-37(30,31)5)43-35-16-15-33(42-25(3)40)34(44-35)22-41-24(2)39/h6-11,15-16,28-35H,12-14,17-22H2,1-5H3/b38-23+/t28?,29?,30-,31?,32?,33+,34-,35?,36+,37-/m1/s1. The highest BCUT2D eigenvalue weighted by Crippen LogP contribution is 2.66. The van der Waals surface area contributed by atoms with Crippen molar-refractivity contribution >= 4 is 17.7 Å². The monoisotopic (exact) mass is 619 g/mol. The Morgan fingerprint density at radius 1 is 0.956 bits per heavy atom. The fourth-order valence-corrected chi connectivity index (χ4v) is 9.63. The van der Waals surface area contributed by atoms with Gasteiger partial charge in [-0.3, -0.25) is 9.59 Å². The van der Waals surface area contributed by atoms with Crippen LogP contribution in [0.4, 0.5) is 0 Å². The second-order valence-corrected chi connectivity index (χ2v) is 14.4. The van der Waals surface area contributed by atoms with Crippen molar-refractivity contribution in [1.29, 1.82) is 0 Å². The molecule has 0 amide bonds. The molecule has 5 aliphatic rings. The van der Waals surface area contributed by atoms with Crippen molar-refractivity contribution in [2.24, 2.45) is 39.7 Å². The summed E-state index contributed by atoms with van der Waals surface area (Å²) in [6, 6.07) is 9.86. The highest BCUT2D eigenvalue weighted by atomic mass is 16.7. The van der Waals surface area contributed by atoms with E-state index in [0.717, 1.165) is 37.1 Å². The van der Waals surface area contributed by atoms with Crippen molar-refractivity contribution in [3.05, 3.63) is 54.1 Å². The number of ether oxygens (including phenoxy) is 4. The molecular formula is C37H49NO7. The first kappa shape index (κ1) is 32.0. The highest BCUT2D eigenvalue weighted by Gasteiger charge is 2.59. The van der Waals surface area contributed by atoms with Crippen LogP contribution in [-0.4, -0.2) is 48.9 Å². The molecule has 1 aromatic carbocycles. The van der Waals surface area contributed by atoms with Gasteiger partial charge in [0.05, 0.1) is 11.8 Å². The van der Waals surface area contributed by atoms with E-state index in [9.17, 15) is 9.59 Å². The van der Waals surface area contributed by atoms with E-state index in [2.05, 4.69) is 32.0 Å². The molecule has 1 heterocycles. The third kappa shape index (κ3) is 6.50. The van der Waals surface area contributed by atoms with Gasteiger partial charge in [0.25, 0.3) is 0 Å². The van der Waals surface area contributed by atoms with Crippen molar-refractivity contribution in [2.75, 3.05) is 6.61 Å². The third-order valence-corrected chi connectivity index (χ3v) is 11.8. The van der Waals surface area contributed by atoms with Crippen molar-refractivity contribution in [2.45, 2.75) is 111 Å². The van der Waals surface area contributed by atoms with Crippen LogP contribution in [0.1, 0.15) is 86.0 Å². The molecule has 1 aliphatic heterocycles. The number of para-hydroxylation sites is 1. The second kappa shape index (κ2) is 13.0. The maximum absolute atomic E-state index is 11.6. The van der Waals surface area contributed by atoms with Gasteiger partial charge in [0.2, 0.25) is 0 Å². The molecule has 0 saturated heterocycles. The Morgan fingerprint density at radius 2 is 1.76 bits per heavy atom. The van der Waals surface area contributed by atoms with Gasteiger partial charge in [-0.1, -0.05) is 48.9 Å². The predicted octanol–water partition coefficient (Wildman–Crippen LogP) is 7.18. The number of benzene rings is 1. The van der Waals surface area contributed by atoms with E-state index in [1.165, 1.54) is 39.5 Å². The van der Waals surface area contributed by atoms with Gasteiger partial charge in [-0.25, -0.2) is 0 Å². The summed E-state index contributed by atoms with van der Waals surface area (Å²) < 4.78 is 23.2. The average molecular weight is 620 g/mol. The lowest BCUT2D eigenvalue weighted by Crippen LogP contribution is -2.51. The SMILES string of the molecule is CC(=O)OC[C@H]1OC(OC2CC[C@@]3(C)C(=CCC4C3CC[C@@]3(C)C4CC[C@@H]3/C(C)=N/Oc3ccccc3)C2)C=C[C@@H]1OC(C)=O. The molecule has 4 aliphatic carbocycles. The first-order valence-electron chi connectivity index (χ1n) is 16.8. The molecule has 0 N–H and O–H groups in total. The molecular weight excluding hydrogens is 570 g/mol. The molecule has 3 saturated carbocycles. The number of allylic oxidation sites excluding steroid dienone is 1. The zero-order valence-corrected chi connectivity index (χ0v) is 27.4. The molecule has 8 heteroatoms. The van der Waals surface area contributed by atoms with Gasteiger partial charge in [-0.2, -0.15) is 0 Å². The van der Waals surface area contributed by atoms with Gasteiger partial charge >= 0.3 is 11.9 Å². The zero-order chi connectivity index (χ0) is 31.8. The lowest BCUT2D eigenvalue weighted by molar-refractivity contribution is -0.213. The van der Waals surface area contributed by atoms with Gasteiger partial charge in [0.15, 0.2) is 12.0 Å². The number of fused-ring (bicyclic) bond motifs is 5. The molecule has 3 fully saturated rings. The Balaban J connectivity index is 1.10. The minimum Gasteiger partial charge on any atom is -0.463 e. The Bertz CT molecular complexity index is 1340. The van der Waals surface area contributed by atoms with Gasteiger partial charge < -0.3 is 23.8 Å². The van der Waals surface area contributed by atoms with Crippen LogP contribution in [0.3, 0.4) is 0 Å². The van der Waals surface area contributed by atoms with Gasteiger partial charge in [-0.05, 0) is 111 Å². The number of rotatable bonds is 8. The van der Waals surface area contributed by atoms with E-state index in [4.69, 9.17) is 23.8 Å². The lowest BCUT2D eigenvalue weighted by Gasteiger charge is -2.58. The van der Waals surface area contributed by atoms with Crippen LogP contribution in [0.25, 0.3) is 0 Å². The molecule has 6 rings (SSSR count). The van der Waals surface area contributed by atoms with Gasteiger partial charge in [0, 0.05) is 19.8 Å². The number of carbonyl (C=O) groups is 2. The number of hydrogen-bond donors (Lipinski definition) is 0. The summed E-state index contributed by atoms with van der Waals surface area (Å²) in [5.74, 6) is 2.53. The number of carbonyl (C=O) groups excluding carboxylic acids is 2. The Morgan fingerprint density at radius 3 is 2.51 bits per heavy atom. The van der Waals surface area contributed by atoms with Crippen molar-refractivity contribution < 1.29 is 33.4 Å². The van der Waals surface area contributed by atoms with E-state index in [0.29, 0.717) is 23.7 Å². The number of hydrogen-bond acceptors (Lipinski definition) is 8. The largest absolute Gasteiger partial charge is 0.463 e. The van der Waals surface area contributed by atoms with Crippen LogP contribution < -0.4 is 4.84 Å². The number of nitrogens with zero attached hydrogens (tertiary/aromatic N) is 1. The molecule has 0 spiro atoms. The Hall–Kier alpha value is -2.97. The Kier molecular flexibility index (Phi) is 9.26. The van der Waals surface area contributed by atoms with Crippen LogP contribution >= 0.6 is 0 Å². The predicted molar refractivity (Wildman–Crippen MR) is 170 cm³/mol. The molecule has 0 aromatic heterocycles. The maximum atomic E-state index is 11.6. The molecule has 45 heavy (non-hydrogen) atoms. The summed E-state index contributed by atoms with van der Waals surface area (Å²) in [5.41, 5.74) is 3.13. The molecule has 0 bridgehead atoms. The molecule has 0 radical (unpaired) electrons. The molecule has 10 atom stereocenters. The van der Waals surface area contributed by atoms with Gasteiger partial charge in [-0.15, -0.1) is 0 Å². The van der Waals surface area contributed by atoms with Crippen molar-refractivity contribution in [1.82, 2.24) is 0 Å². The van der Waals surface area contributed by atoms with E-state index in [1.807, 2.05) is 36.4 Å². The number of oxime groups is 1. The fourth-order valence-electron chi connectivity index (χ4n) is 9.63. The Labute approximate surface area is 267 Å². The summed E-state index contributed by atoms with van der Waals surface area (Å²) in [6.45, 7) is 9.91. The maximum Gasteiger partial charge on any atom is 0.303 e. The van der Waals surface area contributed by atoms with Crippen LogP contribution in [0, 0.1) is 34.5 Å². The van der Waals surface area contributed by atoms with E-state index in [-0.39, 0.29) is 23.5 Å². The first-order chi connectivity index (χ1) is 21.6. The highest BCUT2D eigenvalue weighted by molar-refractivity contribution is 5.85. The third-order valence-electron chi connectivity index (χ3n) is 11.8. The minimum absolute atomic E-state index is 0.000805. The minimum atomic E-state index is -0.618. The van der Waals surface area contributed by atoms with Gasteiger partial charge in [0.1, 0.15) is 18.8 Å². The van der Waals surface area contributed by atoms with Crippen molar-refractivity contribution in [3.63, 3.8) is 0 Å². The molecule has 8 nitrogen and oxygen atoms in total. The van der Waals surface area contributed by atoms with E-state index < -0.39 is 30.4 Å². The molecule has 1 aromatic rings. The van der Waals surface area contributed by atoms with E-state index >= 15 is 0 Å². The smallest absolute Gasteiger partial charge is 0.303 e. The first-order valence-corrected chi connectivity index (χ1v) is 16.8. The quantitative estimate of drug-likeness (QED) is 0.132. The number of esters is 2. The van der Waals surface area contributed by atoms with Crippen LogP contribution in [0.15, 0.2) is 59.3 Å². The fraction of sp³-hybridized carbons (Fsp3) is 0.649.